The monoisotopic (exact) mass is 505 g/mol. The van der Waals surface area contributed by atoms with Crippen LogP contribution in [-0.2, 0) is 19.1 Å². The van der Waals surface area contributed by atoms with Gasteiger partial charge in [0.25, 0.3) is 0 Å². The van der Waals surface area contributed by atoms with Crippen LogP contribution in [0.15, 0.2) is 59.1 Å². The Hall–Kier alpha value is -3.90. The van der Waals surface area contributed by atoms with Gasteiger partial charge in [-0.05, 0) is 48.2 Å². The number of allylic oxidation sites excluding steroid dienone is 1. The number of rotatable bonds is 8. The maximum atomic E-state index is 13.0. The summed E-state index contributed by atoms with van der Waals surface area (Å²) in [5.41, 5.74) is 2.95. The van der Waals surface area contributed by atoms with Gasteiger partial charge in [0.05, 0.1) is 29.5 Å². The van der Waals surface area contributed by atoms with Gasteiger partial charge in [0.1, 0.15) is 5.92 Å². The second-order valence-electron chi connectivity index (χ2n) is 8.61. The molecule has 2 aromatic carbocycles. The lowest BCUT2D eigenvalue weighted by Crippen LogP contribution is -2.44. The van der Waals surface area contributed by atoms with Crippen LogP contribution in [-0.4, -0.2) is 36.4 Å². The van der Waals surface area contributed by atoms with Crippen LogP contribution in [0.1, 0.15) is 54.1 Å². The van der Waals surface area contributed by atoms with E-state index in [1.54, 1.807) is 24.3 Å². The summed E-state index contributed by atoms with van der Waals surface area (Å²) in [4.78, 5) is 49.4. The van der Waals surface area contributed by atoms with Crippen molar-refractivity contribution in [3.63, 3.8) is 0 Å². The highest BCUT2D eigenvalue weighted by atomic mass is 32.2. The van der Waals surface area contributed by atoms with Gasteiger partial charge in [0, 0.05) is 17.2 Å². The third-order valence-corrected chi connectivity index (χ3v) is 6.89. The molecule has 0 fully saturated rings. The number of ether oxygens (including phenoxy) is 1. The van der Waals surface area contributed by atoms with Crippen molar-refractivity contribution in [2.45, 2.75) is 32.6 Å². The zero-order chi connectivity index (χ0) is 26.4. The van der Waals surface area contributed by atoms with Crippen LogP contribution in [0.2, 0.25) is 0 Å². The Balaban J connectivity index is 1.86. The fourth-order valence-corrected chi connectivity index (χ4v) is 4.74. The summed E-state index contributed by atoms with van der Waals surface area (Å²) in [7, 11) is 1.20. The van der Waals surface area contributed by atoms with Crippen LogP contribution in [0, 0.1) is 17.2 Å². The SMILES string of the molecule is COC(=O)[C@@H]1C(=O)NC(SCC(=O)Nc2ccc(C(C)=O)cc2)=C(C#N)[C@H]1c1ccc(C(C)C)cc1. The molecule has 0 bridgehead atoms. The normalized spacial score (nSPS) is 17.3. The van der Waals surface area contributed by atoms with Crippen molar-refractivity contribution in [3.8, 4) is 6.07 Å². The molecule has 0 unspecified atom stereocenters. The standard InChI is InChI=1S/C27H27N3O5S/c1-15(2)17-5-7-19(8-6-17)23-21(13-28)26(30-25(33)24(23)27(34)35-4)36-14-22(32)29-20-11-9-18(10-12-20)16(3)31/h5-12,15,23-24H,14H2,1-4H3,(H,29,32)(H,30,33)/t23-,24+/m1/s1. The molecule has 1 aliphatic rings. The molecule has 186 valence electrons. The molecule has 0 radical (unpaired) electrons. The molecule has 2 amide bonds. The summed E-state index contributed by atoms with van der Waals surface area (Å²) in [6, 6.07) is 16.1. The molecular formula is C27H27N3O5S. The van der Waals surface area contributed by atoms with E-state index < -0.39 is 23.7 Å². The minimum Gasteiger partial charge on any atom is -0.468 e. The van der Waals surface area contributed by atoms with Crippen LogP contribution in [0.25, 0.3) is 0 Å². The number of esters is 1. The number of carbonyl (C=O) groups excluding carboxylic acids is 4. The van der Waals surface area contributed by atoms with Gasteiger partial charge in [0.2, 0.25) is 11.8 Å². The first-order chi connectivity index (χ1) is 17.2. The number of anilines is 1. The lowest BCUT2D eigenvalue weighted by molar-refractivity contribution is -0.150. The maximum Gasteiger partial charge on any atom is 0.319 e. The number of benzene rings is 2. The molecule has 0 aromatic heterocycles. The molecule has 0 spiro atoms. The van der Waals surface area contributed by atoms with Gasteiger partial charge >= 0.3 is 5.97 Å². The molecule has 2 aromatic rings. The van der Waals surface area contributed by atoms with Gasteiger partial charge in [-0.2, -0.15) is 5.26 Å². The number of nitriles is 1. The largest absolute Gasteiger partial charge is 0.468 e. The lowest BCUT2D eigenvalue weighted by atomic mass is 9.78. The van der Waals surface area contributed by atoms with Crippen LogP contribution < -0.4 is 10.6 Å². The van der Waals surface area contributed by atoms with Gasteiger partial charge in [-0.3, -0.25) is 19.2 Å². The number of Topliss-reactive ketones (excluding diaryl/α,β-unsaturated/α-hetero) is 1. The van der Waals surface area contributed by atoms with Crippen LogP contribution in [0.4, 0.5) is 5.69 Å². The summed E-state index contributed by atoms with van der Waals surface area (Å²) in [5, 5.41) is 15.6. The molecule has 36 heavy (non-hydrogen) atoms. The smallest absolute Gasteiger partial charge is 0.319 e. The Morgan fingerprint density at radius 3 is 2.28 bits per heavy atom. The number of nitrogens with one attached hydrogen (secondary N) is 2. The number of nitrogens with zero attached hydrogens (tertiary/aromatic N) is 1. The fraction of sp³-hybridized carbons (Fsp3) is 0.296. The highest BCUT2D eigenvalue weighted by Gasteiger charge is 2.44. The van der Waals surface area contributed by atoms with E-state index in [1.807, 2.05) is 24.3 Å². The predicted octanol–water partition coefficient (Wildman–Crippen LogP) is 4.12. The molecule has 9 heteroatoms. The van der Waals surface area contributed by atoms with Crippen molar-refractivity contribution in [3.05, 3.63) is 75.8 Å². The number of hydrogen-bond acceptors (Lipinski definition) is 7. The molecular weight excluding hydrogens is 478 g/mol. The van der Waals surface area contributed by atoms with Gasteiger partial charge in [-0.25, -0.2) is 0 Å². The highest BCUT2D eigenvalue weighted by Crippen LogP contribution is 2.40. The van der Waals surface area contributed by atoms with Crippen LogP contribution in [0.3, 0.4) is 0 Å². The van der Waals surface area contributed by atoms with Gasteiger partial charge in [-0.15, -0.1) is 0 Å². The van der Waals surface area contributed by atoms with Gasteiger partial charge in [-0.1, -0.05) is 49.9 Å². The second kappa shape index (κ2) is 11.7. The van der Waals surface area contributed by atoms with Crippen molar-refractivity contribution in [2.75, 3.05) is 18.2 Å². The van der Waals surface area contributed by atoms with E-state index in [9.17, 15) is 24.4 Å². The first kappa shape index (κ1) is 26.7. The van der Waals surface area contributed by atoms with E-state index in [1.165, 1.54) is 14.0 Å². The zero-order valence-electron chi connectivity index (χ0n) is 20.5. The number of amides is 2. The molecule has 1 aliphatic heterocycles. The topological polar surface area (TPSA) is 125 Å². The Morgan fingerprint density at radius 1 is 1.11 bits per heavy atom. The summed E-state index contributed by atoms with van der Waals surface area (Å²) in [5.74, 6) is -3.64. The second-order valence-corrected chi connectivity index (χ2v) is 9.60. The Morgan fingerprint density at radius 2 is 1.75 bits per heavy atom. The van der Waals surface area contributed by atoms with Crippen molar-refractivity contribution < 1.29 is 23.9 Å². The maximum absolute atomic E-state index is 13.0. The summed E-state index contributed by atoms with van der Waals surface area (Å²) in [6.45, 7) is 5.57. The van der Waals surface area contributed by atoms with Crippen LogP contribution in [0.5, 0.6) is 0 Å². The van der Waals surface area contributed by atoms with E-state index in [0.29, 0.717) is 22.7 Å². The van der Waals surface area contributed by atoms with Crippen molar-refractivity contribution in [1.82, 2.24) is 5.32 Å². The first-order valence-electron chi connectivity index (χ1n) is 11.3. The lowest BCUT2D eigenvalue weighted by Gasteiger charge is -2.31. The fourth-order valence-electron chi connectivity index (χ4n) is 3.89. The number of hydrogen-bond donors (Lipinski definition) is 2. The van der Waals surface area contributed by atoms with Crippen LogP contribution >= 0.6 is 11.8 Å². The minimum atomic E-state index is -1.23. The predicted molar refractivity (Wildman–Crippen MR) is 137 cm³/mol. The molecule has 2 atom stereocenters. The van der Waals surface area contributed by atoms with E-state index in [2.05, 4.69) is 30.6 Å². The number of thioether (sulfide) groups is 1. The van der Waals surface area contributed by atoms with Gasteiger partial charge < -0.3 is 15.4 Å². The van der Waals surface area contributed by atoms with Crippen molar-refractivity contribution >= 4 is 41.0 Å². The zero-order valence-corrected chi connectivity index (χ0v) is 21.3. The van der Waals surface area contributed by atoms with Gasteiger partial charge in [0.15, 0.2) is 5.78 Å². The van der Waals surface area contributed by atoms with E-state index >= 15 is 0 Å². The summed E-state index contributed by atoms with van der Waals surface area (Å²) < 4.78 is 4.87. The molecule has 0 aliphatic carbocycles. The number of carbonyl (C=O) groups is 4. The van der Waals surface area contributed by atoms with E-state index in [4.69, 9.17) is 4.74 Å². The van der Waals surface area contributed by atoms with Crippen molar-refractivity contribution in [1.29, 1.82) is 5.26 Å². The highest BCUT2D eigenvalue weighted by molar-refractivity contribution is 8.03. The Bertz CT molecular complexity index is 1240. The minimum absolute atomic E-state index is 0.0777. The third-order valence-electron chi connectivity index (χ3n) is 5.87. The van der Waals surface area contributed by atoms with E-state index in [0.717, 1.165) is 17.3 Å². The summed E-state index contributed by atoms with van der Waals surface area (Å²) >= 11 is 1.00. The molecule has 0 saturated carbocycles. The number of methoxy groups -OCH3 is 1. The van der Waals surface area contributed by atoms with Crippen molar-refractivity contribution in [2.24, 2.45) is 5.92 Å². The number of ketones is 1. The van der Waals surface area contributed by atoms with E-state index in [-0.39, 0.29) is 28.0 Å². The average molecular weight is 506 g/mol. The first-order valence-corrected chi connectivity index (χ1v) is 12.3. The molecule has 8 nitrogen and oxygen atoms in total. The quantitative estimate of drug-likeness (QED) is 0.314. The third kappa shape index (κ3) is 6.01. The Labute approximate surface area is 214 Å². The molecule has 3 rings (SSSR count). The molecule has 2 N–H and O–H groups in total. The average Bonchev–Trinajstić information content (AvgIpc) is 2.86. The summed E-state index contributed by atoms with van der Waals surface area (Å²) in [6.07, 6.45) is 0. The molecule has 0 saturated heterocycles. The Kier molecular flexibility index (Phi) is 8.67. The molecule has 1 heterocycles.